The van der Waals surface area contributed by atoms with Crippen LogP contribution in [0.2, 0.25) is 0 Å². The molecule has 0 radical (unpaired) electrons. The standard InChI is InChI=1S/C9H11F2NO/c1-6(12-13-2)7-3-8(10)5-9(11)4-7/h3-6,12H,1-2H3. The largest absolute Gasteiger partial charge is 0.305 e. The number of hydroxylamine groups is 1. The molecule has 72 valence electrons. The van der Waals surface area contributed by atoms with Crippen LogP contribution in [0, 0.1) is 11.6 Å². The highest BCUT2D eigenvalue weighted by atomic mass is 19.1. The summed E-state index contributed by atoms with van der Waals surface area (Å²) in [5.41, 5.74) is 3.10. The minimum Gasteiger partial charge on any atom is -0.305 e. The molecule has 2 nitrogen and oxygen atoms in total. The van der Waals surface area contributed by atoms with E-state index in [4.69, 9.17) is 0 Å². The Labute approximate surface area is 75.5 Å². The van der Waals surface area contributed by atoms with Crippen LogP contribution >= 0.6 is 0 Å². The van der Waals surface area contributed by atoms with E-state index in [1.165, 1.54) is 19.2 Å². The number of rotatable bonds is 3. The summed E-state index contributed by atoms with van der Waals surface area (Å²) in [5.74, 6) is -1.17. The molecule has 0 aliphatic carbocycles. The van der Waals surface area contributed by atoms with Gasteiger partial charge in [-0.25, -0.2) is 8.78 Å². The van der Waals surface area contributed by atoms with E-state index in [0.717, 1.165) is 6.07 Å². The van der Waals surface area contributed by atoms with Crippen molar-refractivity contribution < 1.29 is 13.6 Å². The summed E-state index contributed by atoms with van der Waals surface area (Å²) >= 11 is 0. The predicted molar refractivity (Wildman–Crippen MR) is 44.9 cm³/mol. The van der Waals surface area contributed by atoms with Gasteiger partial charge in [-0.3, -0.25) is 0 Å². The summed E-state index contributed by atoms with van der Waals surface area (Å²) in [5, 5.41) is 0. The van der Waals surface area contributed by atoms with Crippen LogP contribution in [-0.4, -0.2) is 7.11 Å². The minimum absolute atomic E-state index is 0.241. The fraction of sp³-hybridized carbons (Fsp3) is 0.333. The van der Waals surface area contributed by atoms with Gasteiger partial charge >= 0.3 is 0 Å². The van der Waals surface area contributed by atoms with E-state index < -0.39 is 11.6 Å². The van der Waals surface area contributed by atoms with Gasteiger partial charge in [0.05, 0.1) is 13.2 Å². The average Bonchev–Trinajstić information content (AvgIpc) is 2.03. The summed E-state index contributed by atoms with van der Waals surface area (Å²) in [4.78, 5) is 4.64. The third kappa shape index (κ3) is 2.75. The maximum absolute atomic E-state index is 12.7. The molecule has 1 unspecified atom stereocenters. The Bertz CT molecular complexity index is 271. The molecule has 1 atom stereocenters. The molecule has 4 heteroatoms. The zero-order valence-corrected chi connectivity index (χ0v) is 7.47. The lowest BCUT2D eigenvalue weighted by Crippen LogP contribution is -2.17. The van der Waals surface area contributed by atoms with Gasteiger partial charge in [-0.15, -0.1) is 0 Å². The maximum atomic E-state index is 12.7. The third-order valence-electron chi connectivity index (χ3n) is 1.68. The summed E-state index contributed by atoms with van der Waals surface area (Å²) in [7, 11) is 1.45. The Morgan fingerprint density at radius 3 is 2.23 bits per heavy atom. The van der Waals surface area contributed by atoms with Crippen molar-refractivity contribution in [2.75, 3.05) is 7.11 Å². The Morgan fingerprint density at radius 1 is 1.23 bits per heavy atom. The SMILES string of the molecule is CONC(C)c1cc(F)cc(F)c1. The smallest absolute Gasteiger partial charge is 0.126 e. The molecule has 0 fully saturated rings. The van der Waals surface area contributed by atoms with Crippen LogP contribution in [0.25, 0.3) is 0 Å². The average molecular weight is 187 g/mol. The van der Waals surface area contributed by atoms with Crippen LogP contribution in [0.5, 0.6) is 0 Å². The van der Waals surface area contributed by atoms with E-state index in [9.17, 15) is 8.78 Å². The van der Waals surface area contributed by atoms with Gasteiger partial charge in [0.25, 0.3) is 0 Å². The van der Waals surface area contributed by atoms with Gasteiger partial charge in [0.2, 0.25) is 0 Å². The van der Waals surface area contributed by atoms with Crippen LogP contribution in [0.3, 0.4) is 0 Å². The van der Waals surface area contributed by atoms with Crippen LogP contribution in [-0.2, 0) is 4.84 Å². The number of hydrogen-bond acceptors (Lipinski definition) is 2. The van der Waals surface area contributed by atoms with Crippen molar-refractivity contribution in [2.24, 2.45) is 0 Å². The summed E-state index contributed by atoms with van der Waals surface area (Å²) in [6.45, 7) is 1.75. The van der Waals surface area contributed by atoms with E-state index in [0.29, 0.717) is 5.56 Å². The van der Waals surface area contributed by atoms with Gasteiger partial charge in [0, 0.05) is 6.07 Å². The molecule has 0 amide bonds. The van der Waals surface area contributed by atoms with Gasteiger partial charge in [-0.1, -0.05) is 0 Å². The van der Waals surface area contributed by atoms with E-state index in [1.807, 2.05) is 0 Å². The van der Waals surface area contributed by atoms with Crippen molar-refractivity contribution in [3.63, 3.8) is 0 Å². The second-order valence-corrected chi connectivity index (χ2v) is 2.75. The second-order valence-electron chi connectivity index (χ2n) is 2.75. The van der Waals surface area contributed by atoms with E-state index in [-0.39, 0.29) is 6.04 Å². The molecule has 0 aliphatic rings. The number of hydrogen-bond donors (Lipinski definition) is 1. The van der Waals surface area contributed by atoms with E-state index in [1.54, 1.807) is 6.92 Å². The van der Waals surface area contributed by atoms with E-state index in [2.05, 4.69) is 10.3 Å². The fourth-order valence-electron chi connectivity index (χ4n) is 1.07. The highest BCUT2D eigenvalue weighted by molar-refractivity contribution is 5.20. The van der Waals surface area contributed by atoms with Crippen LogP contribution < -0.4 is 5.48 Å². The van der Waals surface area contributed by atoms with Gasteiger partial charge in [-0.2, -0.15) is 5.48 Å². The molecule has 1 aromatic rings. The van der Waals surface area contributed by atoms with Crippen molar-refractivity contribution >= 4 is 0 Å². The Morgan fingerprint density at radius 2 is 1.77 bits per heavy atom. The lowest BCUT2D eigenvalue weighted by Gasteiger charge is -2.11. The maximum Gasteiger partial charge on any atom is 0.126 e. The first-order valence-electron chi connectivity index (χ1n) is 3.88. The van der Waals surface area contributed by atoms with Crippen LogP contribution in [0.15, 0.2) is 18.2 Å². The first-order chi connectivity index (χ1) is 6.13. The number of nitrogens with one attached hydrogen (secondary N) is 1. The normalized spacial score (nSPS) is 12.9. The molecule has 1 aromatic carbocycles. The summed E-state index contributed by atoms with van der Waals surface area (Å²) in [6, 6.07) is 3.12. The molecular formula is C9H11F2NO. The van der Waals surface area contributed by atoms with Gasteiger partial charge < -0.3 is 4.84 Å². The first-order valence-corrected chi connectivity index (χ1v) is 3.88. The molecule has 0 spiro atoms. The third-order valence-corrected chi connectivity index (χ3v) is 1.68. The quantitative estimate of drug-likeness (QED) is 0.732. The Balaban J connectivity index is 2.87. The van der Waals surface area contributed by atoms with Crippen molar-refractivity contribution in [1.29, 1.82) is 0 Å². The van der Waals surface area contributed by atoms with Crippen LogP contribution in [0.4, 0.5) is 8.78 Å². The molecule has 13 heavy (non-hydrogen) atoms. The Kier molecular flexibility index (Phi) is 3.33. The van der Waals surface area contributed by atoms with Crippen molar-refractivity contribution in [3.05, 3.63) is 35.4 Å². The van der Waals surface area contributed by atoms with E-state index >= 15 is 0 Å². The lowest BCUT2D eigenvalue weighted by atomic mass is 10.1. The monoisotopic (exact) mass is 187 g/mol. The van der Waals surface area contributed by atoms with Crippen molar-refractivity contribution in [3.8, 4) is 0 Å². The molecule has 0 saturated heterocycles. The van der Waals surface area contributed by atoms with Crippen molar-refractivity contribution in [2.45, 2.75) is 13.0 Å². The zero-order chi connectivity index (χ0) is 9.84. The number of benzene rings is 1. The van der Waals surface area contributed by atoms with Crippen LogP contribution in [0.1, 0.15) is 18.5 Å². The summed E-state index contributed by atoms with van der Waals surface area (Å²) < 4.78 is 25.4. The molecule has 1 N–H and O–H groups in total. The molecule has 0 saturated carbocycles. The molecule has 0 aromatic heterocycles. The zero-order valence-electron chi connectivity index (χ0n) is 7.47. The van der Waals surface area contributed by atoms with Crippen molar-refractivity contribution in [1.82, 2.24) is 5.48 Å². The number of halogens is 2. The lowest BCUT2D eigenvalue weighted by molar-refractivity contribution is 0.0657. The molecular weight excluding hydrogens is 176 g/mol. The molecule has 0 aliphatic heterocycles. The summed E-state index contributed by atoms with van der Waals surface area (Å²) in [6.07, 6.45) is 0. The van der Waals surface area contributed by atoms with Gasteiger partial charge in [0.1, 0.15) is 11.6 Å². The minimum atomic E-state index is -0.584. The highest BCUT2D eigenvalue weighted by Crippen LogP contribution is 2.15. The second kappa shape index (κ2) is 4.30. The van der Waals surface area contributed by atoms with Gasteiger partial charge in [-0.05, 0) is 24.6 Å². The topological polar surface area (TPSA) is 21.3 Å². The fourth-order valence-corrected chi connectivity index (χ4v) is 1.07. The predicted octanol–water partition coefficient (Wildman–Crippen LogP) is 2.18. The first kappa shape index (κ1) is 10.1. The molecule has 0 heterocycles. The van der Waals surface area contributed by atoms with Gasteiger partial charge in [0.15, 0.2) is 0 Å². The highest BCUT2D eigenvalue weighted by Gasteiger charge is 2.07. The molecule has 1 rings (SSSR count). The molecule has 0 bridgehead atoms. The Hall–Kier alpha value is -1.00.